The Bertz CT molecular complexity index is 572. The topological polar surface area (TPSA) is 6.48 Å². The third kappa shape index (κ3) is 25.5. The van der Waals surface area contributed by atoms with Crippen molar-refractivity contribution in [2.24, 2.45) is 0 Å². The number of rotatable bonds is 36. The molecule has 0 aromatic heterocycles. The van der Waals surface area contributed by atoms with Crippen molar-refractivity contribution in [1.29, 1.82) is 0 Å². The van der Waals surface area contributed by atoms with Crippen LogP contribution in [0.5, 0.6) is 0 Å². The molecule has 0 spiro atoms. The molecule has 0 radical (unpaired) electrons. The van der Waals surface area contributed by atoms with Gasteiger partial charge >= 0.3 is 0 Å². The fourth-order valence-corrected chi connectivity index (χ4v) is 7.25. The lowest BCUT2D eigenvalue weighted by molar-refractivity contribution is 0.135. The third-order valence-electron chi connectivity index (χ3n) is 10.3. The van der Waals surface area contributed by atoms with Crippen LogP contribution in [0, 0.1) is 0 Å². The zero-order valence-electron chi connectivity index (χ0n) is 31.1. The van der Waals surface area contributed by atoms with Crippen LogP contribution in [0.25, 0.3) is 0 Å². The molecule has 262 valence electrons. The molecule has 0 aliphatic carbocycles. The van der Waals surface area contributed by atoms with E-state index < -0.39 is 0 Å². The molecule has 2 heteroatoms. The maximum atomic E-state index is 2.72. The van der Waals surface area contributed by atoms with Gasteiger partial charge in [0.15, 0.2) is 0 Å². The van der Waals surface area contributed by atoms with E-state index in [0.29, 0.717) is 6.17 Å². The fraction of sp³-hybridized carbons (Fsp3) is 0.952. The van der Waals surface area contributed by atoms with E-state index in [9.17, 15) is 0 Å². The van der Waals surface area contributed by atoms with Gasteiger partial charge in [-0.25, -0.2) is 0 Å². The molecule has 1 rings (SSSR count). The van der Waals surface area contributed by atoms with Crippen LogP contribution >= 0.6 is 0 Å². The minimum atomic E-state index is 0.639. The van der Waals surface area contributed by atoms with Gasteiger partial charge in [0.25, 0.3) is 0 Å². The Labute approximate surface area is 280 Å². The van der Waals surface area contributed by atoms with Gasteiger partial charge in [-0.2, -0.15) is 0 Å². The van der Waals surface area contributed by atoms with Crippen LogP contribution < -0.4 is 0 Å². The Kier molecular flexibility index (Phi) is 31.7. The summed E-state index contributed by atoms with van der Waals surface area (Å²) in [5, 5.41) is 0. The molecule has 0 fully saturated rings. The summed E-state index contributed by atoms with van der Waals surface area (Å²) in [5.41, 5.74) is 0. The van der Waals surface area contributed by atoms with Crippen LogP contribution in [0.1, 0.15) is 239 Å². The van der Waals surface area contributed by atoms with E-state index in [4.69, 9.17) is 0 Å². The summed E-state index contributed by atoms with van der Waals surface area (Å²) in [6.45, 7) is 9.48. The third-order valence-corrected chi connectivity index (χ3v) is 10.3. The van der Waals surface area contributed by atoms with Gasteiger partial charge in [0.05, 0.1) is 0 Å². The highest BCUT2D eigenvalue weighted by atomic mass is 15.4. The standard InChI is InChI=1S/C42H84N2/c1-4-7-10-13-16-19-21-23-24-26-28-31-34-37-42-43(38-35-32-29-18-15-12-9-6-3)40-41-44(42)39-36-33-30-27-25-22-20-17-14-11-8-5-2/h40-42H,4-39H2,1-3H3. The average Bonchev–Trinajstić information content (AvgIpc) is 3.42. The molecular weight excluding hydrogens is 532 g/mol. The van der Waals surface area contributed by atoms with Crippen molar-refractivity contribution < 1.29 is 0 Å². The molecule has 0 amide bonds. The number of unbranched alkanes of at least 4 members (excludes halogenated alkanes) is 30. The number of hydrogen-bond donors (Lipinski definition) is 0. The molecule has 1 aliphatic rings. The first-order valence-corrected chi connectivity index (χ1v) is 21.0. The van der Waals surface area contributed by atoms with Crippen molar-refractivity contribution in [1.82, 2.24) is 9.80 Å². The van der Waals surface area contributed by atoms with Gasteiger partial charge in [0, 0.05) is 25.5 Å². The molecule has 0 saturated carbocycles. The summed E-state index contributed by atoms with van der Waals surface area (Å²) < 4.78 is 0. The van der Waals surface area contributed by atoms with Crippen molar-refractivity contribution in [2.75, 3.05) is 13.1 Å². The first-order valence-electron chi connectivity index (χ1n) is 21.0. The lowest BCUT2D eigenvalue weighted by Crippen LogP contribution is -2.39. The summed E-state index contributed by atoms with van der Waals surface area (Å²) in [7, 11) is 0. The van der Waals surface area contributed by atoms with Gasteiger partial charge in [-0.1, -0.05) is 213 Å². The van der Waals surface area contributed by atoms with Gasteiger partial charge in [-0.15, -0.1) is 0 Å². The Morgan fingerprint density at radius 1 is 0.295 bits per heavy atom. The van der Waals surface area contributed by atoms with E-state index in [0.717, 1.165) is 0 Å². The average molecular weight is 617 g/mol. The normalized spacial score (nSPS) is 14.8. The van der Waals surface area contributed by atoms with E-state index in [-0.39, 0.29) is 0 Å². The van der Waals surface area contributed by atoms with Gasteiger partial charge in [0.1, 0.15) is 6.17 Å². The van der Waals surface area contributed by atoms with E-state index in [1.165, 1.54) is 231 Å². The maximum absolute atomic E-state index is 2.72. The van der Waals surface area contributed by atoms with Crippen molar-refractivity contribution >= 4 is 0 Å². The summed E-state index contributed by atoms with van der Waals surface area (Å²) >= 11 is 0. The van der Waals surface area contributed by atoms with Crippen LogP contribution in [0.4, 0.5) is 0 Å². The second kappa shape index (κ2) is 33.7. The molecule has 1 atom stereocenters. The molecule has 0 saturated heterocycles. The highest BCUT2D eigenvalue weighted by Crippen LogP contribution is 2.24. The van der Waals surface area contributed by atoms with E-state index >= 15 is 0 Å². The second-order valence-electron chi connectivity index (χ2n) is 14.6. The molecule has 1 heterocycles. The maximum Gasteiger partial charge on any atom is 0.101 e. The Morgan fingerprint density at radius 2 is 0.523 bits per heavy atom. The first kappa shape index (κ1) is 41.4. The summed E-state index contributed by atoms with van der Waals surface area (Å²) in [4.78, 5) is 5.44. The monoisotopic (exact) mass is 617 g/mol. The molecule has 44 heavy (non-hydrogen) atoms. The van der Waals surface area contributed by atoms with Crippen molar-refractivity contribution in [2.45, 2.75) is 245 Å². The highest BCUT2D eigenvalue weighted by molar-refractivity contribution is 4.97. The predicted octanol–water partition coefficient (Wildman–Crippen LogP) is 14.7. The Hall–Kier alpha value is -0.660. The molecule has 1 aliphatic heterocycles. The van der Waals surface area contributed by atoms with Gasteiger partial charge in [-0.3, -0.25) is 0 Å². The molecule has 2 nitrogen and oxygen atoms in total. The van der Waals surface area contributed by atoms with Crippen molar-refractivity contribution in [3.8, 4) is 0 Å². The fourth-order valence-electron chi connectivity index (χ4n) is 7.25. The predicted molar refractivity (Wildman–Crippen MR) is 200 cm³/mol. The Balaban J connectivity index is 2.21. The number of hydrogen-bond acceptors (Lipinski definition) is 2. The largest absolute Gasteiger partial charge is 0.356 e. The first-order chi connectivity index (χ1) is 21.8. The quantitative estimate of drug-likeness (QED) is 0.0646. The van der Waals surface area contributed by atoms with E-state index in [2.05, 4.69) is 43.0 Å². The number of nitrogens with zero attached hydrogens (tertiary/aromatic N) is 2. The molecule has 0 aromatic rings. The minimum Gasteiger partial charge on any atom is -0.356 e. The van der Waals surface area contributed by atoms with Gasteiger partial charge < -0.3 is 9.80 Å². The molecular formula is C42H84N2. The molecule has 1 unspecified atom stereocenters. The lowest BCUT2D eigenvalue weighted by atomic mass is 10.0. The smallest absolute Gasteiger partial charge is 0.101 e. The van der Waals surface area contributed by atoms with Crippen LogP contribution in [-0.2, 0) is 0 Å². The van der Waals surface area contributed by atoms with Crippen molar-refractivity contribution in [3.05, 3.63) is 12.4 Å². The van der Waals surface area contributed by atoms with Crippen LogP contribution in [-0.4, -0.2) is 29.1 Å². The molecule has 0 N–H and O–H groups in total. The van der Waals surface area contributed by atoms with E-state index in [1.807, 2.05) is 0 Å². The zero-order chi connectivity index (χ0) is 31.6. The van der Waals surface area contributed by atoms with Gasteiger partial charge in [-0.05, 0) is 25.7 Å². The molecule has 0 aromatic carbocycles. The second-order valence-corrected chi connectivity index (χ2v) is 14.6. The highest BCUT2D eigenvalue weighted by Gasteiger charge is 2.24. The lowest BCUT2D eigenvalue weighted by Gasteiger charge is -2.33. The van der Waals surface area contributed by atoms with Crippen LogP contribution in [0.15, 0.2) is 12.4 Å². The SMILES string of the molecule is CCCCCCCCCCCCCCCC1N(CCCCCCCCCC)C=CN1CCCCCCCCCCCCCC. The van der Waals surface area contributed by atoms with Crippen LogP contribution in [0.2, 0.25) is 0 Å². The van der Waals surface area contributed by atoms with Gasteiger partial charge in [0.2, 0.25) is 0 Å². The Morgan fingerprint density at radius 3 is 0.795 bits per heavy atom. The van der Waals surface area contributed by atoms with E-state index in [1.54, 1.807) is 0 Å². The minimum absolute atomic E-state index is 0.639. The summed E-state index contributed by atoms with van der Waals surface area (Å²) in [6.07, 6.45) is 54.4. The summed E-state index contributed by atoms with van der Waals surface area (Å²) in [5.74, 6) is 0. The van der Waals surface area contributed by atoms with Crippen LogP contribution in [0.3, 0.4) is 0 Å². The van der Waals surface area contributed by atoms with Crippen molar-refractivity contribution in [3.63, 3.8) is 0 Å². The summed E-state index contributed by atoms with van der Waals surface area (Å²) in [6, 6.07) is 0. The zero-order valence-corrected chi connectivity index (χ0v) is 31.1. The molecule has 0 bridgehead atoms.